The van der Waals surface area contributed by atoms with Gasteiger partial charge < -0.3 is 15.6 Å². The molecule has 1 heterocycles. The number of hydrogen-bond acceptors (Lipinski definition) is 4. The Labute approximate surface area is 83.7 Å². The first-order valence-electron chi connectivity index (χ1n) is 4.67. The molecule has 0 aliphatic heterocycles. The average molecular weight is 196 g/mol. The Balaban J connectivity index is 2.72. The number of aliphatic hydroxyl groups excluding tert-OH is 1. The van der Waals surface area contributed by atoms with Crippen molar-refractivity contribution in [2.24, 2.45) is 5.73 Å². The maximum atomic E-state index is 9.26. The van der Waals surface area contributed by atoms with Gasteiger partial charge in [-0.05, 0) is 19.4 Å². The average Bonchev–Trinajstić information content (AvgIpc) is 2.18. The Hall–Kier alpha value is -1.13. The van der Waals surface area contributed by atoms with Crippen molar-refractivity contribution in [3.05, 3.63) is 23.9 Å². The van der Waals surface area contributed by atoms with E-state index in [1.54, 1.807) is 19.2 Å². The number of hydrogen-bond donors (Lipinski definition) is 2. The van der Waals surface area contributed by atoms with Gasteiger partial charge in [-0.3, -0.25) is 0 Å². The summed E-state index contributed by atoms with van der Waals surface area (Å²) in [5, 5.41) is 9.26. The van der Waals surface area contributed by atoms with Crippen molar-refractivity contribution in [1.29, 1.82) is 0 Å². The van der Waals surface area contributed by atoms with Crippen molar-refractivity contribution in [1.82, 2.24) is 4.98 Å². The molecule has 0 spiro atoms. The van der Waals surface area contributed by atoms with E-state index < -0.39 is 12.1 Å². The molecule has 2 atom stereocenters. The van der Waals surface area contributed by atoms with Crippen LogP contribution in [-0.4, -0.2) is 22.8 Å². The highest BCUT2D eigenvalue weighted by atomic mass is 16.5. The molecule has 0 aliphatic rings. The molecule has 0 amide bonds. The molecule has 0 saturated carbocycles. The third-order valence-electron chi connectivity index (χ3n) is 1.96. The Bertz CT molecular complexity index is 272. The smallest absolute Gasteiger partial charge is 0.213 e. The number of aliphatic hydroxyl groups is 1. The highest BCUT2D eigenvalue weighted by molar-refractivity contribution is 5.21. The van der Waals surface area contributed by atoms with Crippen LogP contribution in [0.5, 0.6) is 5.88 Å². The SMILES string of the molecule is CCOc1ccc(C(N)C(C)O)cn1. The molecule has 0 aromatic carbocycles. The summed E-state index contributed by atoms with van der Waals surface area (Å²) in [5.74, 6) is 0.578. The van der Waals surface area contributed by atoms with E-state index in [1.807, 2.05) is 13.0 Å². The minimum Gasteiger partial charge on any atom is -0.478 e. The summed E-state index contributed by atoms with van der Waals surface area (Å²) in [4.78, 5) is 4.06. The Morgan fingerprint density at radius 1 is 1.57 bits per heavy atom. The Morgan fingerprint density at radius 2 is 2.29 bits per heavy atom. The molecular weight excluding hydrogens is 180 g/mol. The van der Waals surface area contributed by atoms with Crippen LogP contribution in [-0.2, 0) is 0 Å². The summed E-state index contributed by atoms with van der Waals surface area (Å²) in [6, 6.07) is 3.18. The minimum absolute atomic E-state index is 0.391. The fourth-order valence-corrected chi connectivity index (χ4v) is 1.10. The molecule has 1 aromatic heterocycles. The zero-order valence-corrected chi connectivity index (χ0v) is 8.47. The van der Waals surface area contributed by atoms with Gasteiger partial charge in [0, 0.05) is 12.3 Å². The van der Waals surface area contributed by atoms with Gasteiger partial charge in [0.2, 0.25) is 5.88 Å². The summed E-state index contributed by atoms with van der Waals surface area (Å²) in [6.07, 6.45) is 1.05. The minimum atomic E-state index is -0.574. The molecule has 3 N–H and O–H groups in total. The molecule has 4 nitrogen and oxygen atoms in total. The second kappa shape index (κ2) is 4.93. The zero-order valence-electron chi connectivity index (χ0n) is 8.47. The Morgan fingerprint density at radius 3 is 2.71 bits per heavy atom. The van der Waals surface area contributed by atoms with Crippen LogP contribution in [0.15, 0.2) is 18.3 Å². The molecule has 1 rings (SSSR count). The van der Waals surface area contributed by atoms with Gasteiger partial charge in [0.1, 0.15) is 0 Å². The number of rotatable bonds is 4. The van der Waals surface area contributed by atoms with Gasteiger partial charge >= 0.3 is 0 Å². The van der Waals surface area contributed by atoms with E-state index in [4.69, 9.17) is 10.5 Å². The third-order valence-corrected chi connectivity index (χ3v) is 1.96. The normalized spacial score (nSPS) is 14.9. The molecule has 1 aromatic rings. The molecule has 0 aliphatic carbocycles. The van der Waals surface area contributed by atoms with E-state index in [-0.39, 0.29) is 0 Å². The number of nitrogens with two attached hydrogens (primary N) is 1. The maximum absolute atomic E-state index is 9.26. The second-order valence-electron chi connectivity index (χ2n) is 3.13. The second-order valence-corrected chi connectivity index (χ2v) is 3.13. The molecule has 4 heteroatoms. The zero-order chi connectivity index (χ0) is 10.6. The molecule has 78 valence electrons. The van der Waals surface area contributed by atoms with Crippen molar-refractivity contribution >= 4 is 0 Å². The van der Waals surface area contributed by atoms with Gasteiger partial charge in [-0.25, -0.2) is 4.98 Å². The van der Waals surface area contributed by atoms with Crippen molar-refractivity contribution in [3.63, 3.8) is 0 Å². The van der Waals surface area contributed by atoms with Crippen molar-refractivity contribution in [2.75, 3.05) is 6.61 Å². The third kappa shape index (κ3) is 2.68. The lowest BCUT2D eigenvalue weighted by Crippen LogP contribution is -2.23. The lowest BCUT2D eigenvalue weighted by atomic mass is 10.1. The van der Waals surface area contributed by atoms with Crippen LogP contribution in [0.25, 0.3) is 0 Å². The number of nitrogens with zero attached hydrogens (tertiary/aromatic N) is 1. The largest absolute Gasteiger partial charge is 0.478 e. The van der Waals surface area contributed by atoms with Crippen LogP contribution in [0.2, 0.25) is 0 Å². The lowest BCUT2D eigenvalue weighted by Gasteiger charge is -2.14. The van der Waals surface area contributed by atoms with E-state index in [9.17, 15) is 5.11 Å². The van der Waals surface area contributed by atoms with E-state index >= 15 is 0 Å². The predicted molar refractivity (Wildman–Crippen MR) is 54.0 cm³/mol. The highest BCUT2D eigenvalue weighted by Crippen LogP contribution is 2.15. The van der Waals surface area contributed by atoms with Gasteiger partial charge in [-0.15, -0.1) is 0 Å². The monoisotopic (exact) mass is 196 g/mol. The van der Waals surface area contributed by atoms with E-state index in [0.29, 0.717) is 12.5 Å². The highest BCUT2D eigenvalue weighted by Gasteiger charge is 2.11. The maximum Gasteiger partial charge on any atom is 0.213 e. The fraction of sp³-hybridized carbons (Fsp3) is 0.500. The van der Waals surface area contributed by atoms with E-state index in [1.165, 1.54) is 0 Å². The van der Waals surface area contributed by atoms with E-state index in [0.717, 1.165) is 5.56 Å². The predicted octanol–water partition coefficient (Wildman–Crippen LogP) is 0.861. The van der Waals surface area contributed by atoms with Crippen LogP contribution < -0.4 is 10.5 Å². The van der Waals surface area contributed by atoms with Crippen molar-refractivity contribution in [2.45, 2.75) is 26.0 Å². The molecule has 0 saturated heterocycles. The summed E-state index contributed by atoms with van der Waals surface area (Å²) < 4.78 is 5.19. The lowest BCUT2D eigenvalue weighted by molar-refractivity contribution is 0.164. The Kier molecular flexibility index (Phi) is 3.85. The van der Waals surface area contributed by atoms with Crippen LogP contribution in [0.1, 0.15) is 25.5 Å². The first-order valence-corrected chi connectivity index (χ1v) is 4.67. The topological polar surface area (TPSA) is 68.4 Å². The fourth-order valence-electron chi connectivity index (χ4n) is 1.10. The van der Waals surface area contributed by atoms with Crippen LogP contribution in [0.3, 0.4) is 0 Å². The van der Waals surface area contributed by atoms with Gasteiger partial charge in [0.05, 0.1) is 18.8 Å². The molecule has 14 heavy (non-hydrogen) atoms. The van der Waals surface area contributed by atoms with Crippen LogP contribution >= 0.6 is 0 Å². The first kappa shape index (κ1) is 10.9. The van der Waals surface area contributed by atoms with Crippen LogP contribution in [0.4, 0.5) is 0 Å². The molecule has 0 fully saturated rings. The summed E-state index contributed by atoms with van der Waals surface area (Å²) in [6.45, 7) is 4.15. The summed E-state index contributed by atoms with van der Waals surface area (Å²) >= 11 is 0. The standard InChI is InChI=1S/C10H16N2O2/c1-3-14-9-5-4-8(6-12-9)10(11)7(2)13/h4-7,10,13H,3,11H2,1-2H3. The number of pyridine rings is 1. The quantitative estimate of drug-likeness (QED) is 0.749. The first-order chi connectivity index (χ1) is 6.65. The summed E-state index contributed by atoms with van der Waals surface area (Å²) in [5.41, 5.74) is 6.54. The van der Waals surface area contributed by atoms with Gasteiger partial charge in [0.25, 0.3) is 0 Å². The summed E-state index contributed by atoms with van der Waals surface area (Å²) in [7, 11) is 0. The molecule has 2 unspecified atom stereocenters. The molecule has 0 bridgehead atoms. The van der Waals surface area contributed by atoms with Gasteiger partial charge in [-0.2, -0.15) is 0 Å². The van der Waals surface area contributed by atoms with Crippen molar-refractivity contribution < 1.29 is 9.84 Å². The van der Waals surface area contributed by atoms with E-state index in [2.05, 4.69) is 4.98 Å². The molecular formula is C10H16N2O2. The van der Waals surface area contributed by atoms with Crippen LogP contribution in [0, 0.1) is 0 Å². The number of ether oxygens (including phenoxy) is 1. The van der Waals surface area contributed by atoms with Crippen molar-refractivity contribution in [3.8, 4) is 5.88 Å². The molecule has 0 radical (unpaired) electrons. The van der Waals surface area contributed by atoms with Gasteiger partial charge in [0.15, 0.2) is 0 Å². The number of aromatic nitrogens is 1. The van der Waals surface area contributed by atoms with Gasteiger partial charge in [-0.1, -0.05) is 6.07 Å².